The van der Waals surface area contributed by atoms with Gasteiger partial charge in [-0.1, -0.05) is 116 Å². The lowest BCUT2D eigenvalue weighted by Crippen LogP contribution is -2.72. The van der Waals surface area contributed by atoms with Gasteiger partial charge in [0.2, 0.25) is 0 Å². The summed E-state index contributed by atoms with van der Waals surface area (Å²) < 4.78 is 0. The first kappa shape index (κ1) is 36.0. The van der Waals surface area contributed by atoms with Crippen LogP contribution in [-0.4, -0.2) is 17.8 Å². The zero-order valence-corrected chi connectivity index (χ0v) is 37.4. The molecule has 12 unspecified atom stereocenters. The highest BCUT2D eigenvalue weighted by molar-refractivity contribution is 7.00. The maximum atomic E-state index is 3.15. The maximum Gasteiger partial charge on any atom is 0.252 e. The van der Waals surface area contributed by atoms with Gasteiger partial charge in [-0.05, 0) is 176 Å². The van der Waals surface area contributed by atoms with Crippen molar-refractivity contribution in [1.82, 2.24) is 0 Å². The molecule has 0 saturated heterocycles. The van der Waals surface area contributed by atoms with Gasteiger partial charge in [0.1, 0.15) is 0 Å². The average molecular weight is 771 g/mol. The molecule has 0 spiro atoms. The number of hydrogen-bond acceptors (Lipinski definition) is 2. The summed E-state index contributed by atoms with van der Waals surface area (Å²) in [6.07, 6.45) is 23.0. The van der Waals surface area contributed by atoms with E-state index in [1.807, 2.05) is 0 Å². The highest BCUT2D eigenvalue weighted by Crippen LogP contribution is 2.74. The summed E-state index contributed by atoms with van der Waals surface area (Å²) in [4.78, 5) is 6.28. The zero-order valence-electron chi connectivity index (χ0n) is 37.4. The summed E-state index contributed by atoms with van der Waals surface area (Å²) in [5.41, 5.74) is 18.4. The number of rotatable bonds is 0. The van der Waals surface area contributed by atoms with Gasteiger partial charge in [0.25, 0.3) is 6.71 Å². The molecule has 58 heavy (non-hydrogen) atoms. The number of aryl methyl sites for hydroxylation is 1. The second kappa shape index (κ2) is 11.4. The van der Waals surface area contributed by atoms with E-state index in [9.17, 15) is 0 Å². The van der Waals surface area contributed by atoms with Gasteiger partial charge in [0, 0.05) is 33.6 Å². The van der Waals surface area contributed by atoms with Crippen LogP contribution in [0.3, 0.4) is 0 Å². The van der Waals surface area contributed by atoms with Gasteiger partial charge < -0.3 is 9.80 Å². The third kappa shape index (κ3) is 3.83. The number of nitrogens with zero attached hydrogens (tertiary/aromatic N) is 2. The summed E-state index contributed by atoms with van der Waals surface area (Å²) in [6.45, 7) is 21.6. The number of anilines is 4. The zero-order chi connectivity index (χ0) is 39.5. The molecule has 0 amide bonds. The molecular formula is C55H71BN2. The van der Waals surface area contributed by atoms with Gasteiger partial charge in [-0.3, -0.25) is 0 Å². The van der Waals surface area contributed by atoms with Crippen molar-refractivity contribution in [2.45, 2.75) is 185 Å². The largest absolute Gasteiger partial charge is 0.335 e. The first-order valence-corrected chi connectivity index (χ1v) is 24.9. The van der Waals surface area contributed by atoms with Crippen molar-refractivity contribution in [1.29, 1.82) is 0 Å². The number of fused-ring (bicyclic) bond motifs is 20. The third-order valence-corrected chi connectivity index (χ3v) is 21.6. The lowest BCUT2D eigenvalue weighted by atomic mass is 9.33. The predicted octanol–water partition coefficient (Wildman–Crippen LogP) is 12.0. The van der Waals surface area contributed by atoms with E-state index in [1.165, 1.54) is 108 Å². The molecule has 0 bridgehead atoms. The Bertz CT molecular complexity index is 2270. The Morgan fingerprint density at radius 1 is 0.534 bits per heavy atom. The van der Waals surface area contributed by atoms with Gasteiger partial charge in [0.15, 0.2) is 0 Å². The molecule has 10 aliphatic rings. The number of para-hydroxylation sites is 1. The second-order valence-corrected chi connectivity index (χ2v) is 24.2. The molecule has 13 rings (SSSR count). The lowest BCUT2D eigenvalue weighted by molar-refractivity contribution is -0.0770. The highest BCUT2D eigenvalue weighted by atomic mass is 15.3. The van der Waals surface area contributed by atoms with Crippen LogP contribution >= 0.6 is 0 Å². The smallest absolute Gasteiger partial charge is 0.252 e. The van der Waals surface area contributed by atoms with E-state index >= 15 is 0 Å². The van der Waals surface area contributed by atoms with Crippen LogP contribution in [-0.2, 0) is 16.2 Å². The first-order chi connectivity index (χ1) is 27.9. The van der Waals surface area contributed by atoms with E-state index in [2.05, 4.69) is 108 Å². The predicted molar refractivity (Wildman–Crippen MR) is 245 cm³/mol. The molecule has 6 fully saturated rings. The Hall–Kier alpha value is -2.68. The minimum absolute atomic E-state index is 0.0525. The van der Waals surface area contributed by atoms with Crippen LogP contribution in [0.4, 0.5) is 22.7 Å². The molecule has 12 atom stereocenters. The quantitative estimate of drug-likeness (QED) is 0.210. The van der Waals surface area contributed by atoms with E-state index < -0.39 is 0 Å². The van der Waals surface area contributed by atoms with Crippen molar-refractivity contribution in [2.75, 3.05) is 9.80 Å². The van der Waals surface area contributed by atoms with Crippen molar-refractivity contribution in [3.8, 4) is 0 Å². The van der Waals surface area contributed by atoms with Crippen molar-refractivity contribution >= 4 is 45.9 Å². The standard InChI is InChI=1S/C55H71BN2/c1-32-28-46-48-47(29-32)58-50-43(53(6)39-23-14-10-19-35(39)37-21-12-16-25-41(37)55(53,58)8)30-33(51(2,3)4)31-45(50)56(48)44-27-17-26-42-49(44)57(46)54(7)40-24-15-11-20-36(40)34-18-9-13-22-38(34)52(42,54)5/h17,26-31,34-41H,9-16,18-25H2,1-8H3. The van der Waals surface area contributed by atoms with Crippen molar-refractivity contribution in [2.24, 2.45) is 47.3 Å². The number of benzene rings is 3. The Balaban J connectivity index is 1.14. The monoisotopic (exact) mass is 771 g/mol. The first-order valence-electron chi connectivity index (χ1n) is 24.9. The molecular weight excluding hydrogens is 699 g/mol. The minimum atomic E-state index is 0.0525. The van der Waals surface area contributed by atoms with Crippen molar-refractivity contribution in [3.05, 3.63) is 64.7 Å². The van der Waals surface area contributed by atoms with E-state index in [0.29, 0.717) is 0 Å². The van der Waals surface area contributed by atoms with Gasteiger partial charge in [-0.2, -0.15) is 0 Å². The highest BCUT2D eigenvalue weighted by Gasteiger charge is 2.74. The van der Waals surface area contributed by atoms with E-state index in [0.717, 1.165) is 47.3 Å². The summed E-state index contributed by atoms with van der Waals surface area (Å²) in [6, 6.07) is 18.8. The van der Waals surface area contributed by atoms with Crippen LogP contribution < -0.4 is 26.2 Å². The van der Waals surface area contributed by atoms with Crippen LogP contribution in [0.1, 0.15) is 173 Å². The molecule has 6 saturated carbocycles. The Morgan fingerprint density at radius 3 is 1.50 bits per heavy atom. The Labute approximate surface area is 351 Å². The third-order valence-electron chi connectivity index (χ3n) is 21.6. The van der Waals surface area contributed by atoms with Gasteiger partial charge in [0.05, 0.1) is 11.1 Å². The molecule has 0 N–H and O–H groups in total. The summed E-state index contributed by atoms with van der Waals surface area (Å²) >= 11 is 0. The van der Waals surface area contributed by atoms with Gasteiger partial charge >= 0.3 is 0 Å². The van der Waals surface area contributed by atoms with Gasteiger partial charge in [-0.25, -0.2) is 0 Å². The number of hydrogen-bond donors (Lipinski definition) is 0. The topological polar surface area (TPSA) is 6.48 Å². The van der Waals surface area contributed by atoms with Crippen LogP contribution in [0.2, 0.25) is 0 Å². The van der Waals surface area contributed by atoms with E-state index in [-0.39, 0.29) is 34.0 Å². The van der Waals surface area contributed by atoms with E-state index in [1.54, 1.807) is 55.8 Å². The van der Waals surface area contributed by atoms with Crippen molar-refractivity contribution < 1.29 is 0 Å². The summed E-state index contributed by atoms with van der Waals surface area (Å²) in [7, 11) is 0. The maximum absolute atomic E-state index is 3.15. The average Bonchev–Trinajstić information content (AvgIpc) is 3.59. The molecule has 4 heterocycles. The molecule has 0 radical (unpaired) electrons. The fraction of sp³-hybridized carbons (Fsp3) is 0.673. The molecule has 4 aliphatic heterocycles. The summed E-state index contributed by atoms with van der Waals surface area (Å²) in [5, 5.41) is 0. The summed E-state index contributed by atoms with van der Waals surface area (Å²) in [5.74, 6) is 6.52. The molecule has 2 nitrogen and oxygen atoms in total. The van der Waals surface area contributed by atoms with E-state index in [4.69, 9.17) is 0 Å². The van der Waals surface area contributed by atoms with Gasteiger partial charge in [-0.15, -0.1) is 0 Å². The van der Waals surface area contributed by atoms with Crippen LogP contribution in [0.5, 0.6) is 0 Å². The Kier molecular flexibility index (Phi) is 7.09. The fourth-order valence-corrected chi connectivity index (χ4v) is 19.3. The normalized spacial score (nSPS) is 42.2. The molecule has 3 aromatic rings. The second-order valence-electron chi connectivity index (χ2n) is 24.2. The Morgan fingerprint density at radius 2 is 0.983 bits per heavy atom. The fourth-order valence-electron chi connectivity index (χ4n) is 19.3. The molecule has 6 aliphatic carbocycles. The minimum Gasteiger partial charge on any atom is -0.335 e. The van der Waals surface area contributed by atoms with Crippen molar-refractivity contribution in [3.63, 3.8) is 0 Å². The molecule has 3 aromatic carbocycles. The lowest BCUT2D eigenvalue weighted by Gasteiger charge is -2.66. The van der Waals surface area contributed by atoms with Crippen LogP contribution in [0.25, 0.3) is 0 Å². The SMILES string of the molecule is Cc1cc2c3c(c1)N1c4c(cc(C(C)(C)C)cc4C4(C)C5CCCCC5C5CCCCC5C14C)B3c1cccc3c1N2C1(C)C2CCCCC2C2CCCCC2C31C. The van der Waals surface area contributed by atoms with Crippen LogP contribution in [0, 0.1) is 54.3 Å². The molecule has 304 valence electrons. The molecule has 0 aromatic heterocycles. The molecule has 3 heteroatoms. The van der Waals surface area contributed by atoms with Crippen LogP contribution in [0.15, 0.2) is 42.5 Å².